The number of benzene rings is 1. The fourth-order valence-electron chi connectivity index (χ4n) is 2.54. The Bertz CT molecular complexity index is 342. The van der Waals surface area contributed by atoms with Crippen LogP contribution < -0.4 is 5.32 Å². The number of aryl methyl sites for hydroxylation is 3. The molecule has 1 aromatic rings. The molecule has 0 aliphatic heterocycles. The van der Waals surface area contributed by atoms with Crippen molar-refractivity contribution in [2.75, 3.05) is 18.1 Å². The third-order valence-electron chi connectivity index (χ3n) is 3.22. The van der Waals surface area contributed by atoms with Gasteiger partial charge < -0.3 is 5.32 Å². The number of hydrogen-bond acceptors (Lipinski definition) is 2. The smallest absolute Gasteiger partial charge is 0.0417 e. The first-order valence-electron chi connectivity index (χ1n) is 6.99. The lowest BCUT2D eigenvalue weighted by Gasteiger charge is -2.23. The maximum absolute atomic E-state index is 3.70. The predicted molar refractivity (Wildman–Crippen MR) is 84.7 cm³/mol. The van der Waals surface area contributed by atoms with E-state index in [4.69, 9.17) is 0 Å². The summed E-state index contributed by atoms with van der Waals surface area (Å²) in [6, 6.07) is 5.11. The Labute approximate surface area is 117 Å². The maximum atomic E-state index is 3.70. The molecule has 2 heteroatoms. The second-order valence-corrected chi connectivity index (χ2v) is 6.30. The minimum Gasteiger partial charge on any atom is -0.309 e. The van der Waals surface area contributed by atoms with Gasteiger partial charge in [0.1, 0.15) is 0 Å². The van der Waals surface area contributed by atoms with Gasteiger partial charge in [0, 0.05) is 11.8 Å². The van der Waals surface area contributed by atoms with Gasteiger partial charge in [-0.1, -0.05) is 31.5 Å². The largest absolute Gasteiger partial charge is 0.309 e. The van der Waals surface area contributed by atoms with Crippen molar-refractivity contribution in [1.82, 2.24) is 5.32 Å². The van der Waals surface area contributed by atoms with Crippen molar-refractivity contribution >= 4 is 11.8 Å². The average Bonchev–Trinajstić information content (AvgIpc) is 2.30. The summed E-state index contributed by atoms with van der Waals surface area (Å²) in [7, 11) is 0. The van der Waals surface area contributed by atoms with Gasteiger partial charge in [-0.15, -0.1) is 0 Å². The van der Waals surface area contributed by atoms with E-state index >= 15 is 0 Å². The zero-order valence-corrected chi connectivity index (χ0v) is 13.3. The van der Waals surface area contributed by atoms with Crippen LogP contribution in [0.5, 0.6) is 0 Å². The molecule has 0 aromatic heterocycles. The molecule has 1 atom stereocenters. The zero-order chi connectivity index (χ0) is 13.5. The molecule has 0 spiro atoms. The highest BCUT2D eigenvalue weighted by Gasteiger charge is 2.15. The average molecular weight is 265 g/mol. The van der Waals surface area contributed by atoms with Crippen LogP contribution in [0.4, 0.5) is 0 Å². The standard InChI is InChI=1S/C16H27NS/c1-6-8-17-15(11-18-7-2)16-13(4)9-12(3)10-14(16)5/h9-10,15,17H,6-8,11H2,1-5H3. The third kappa shape index (κ3) is 4.33. The van der Waals surface area contributed by atoms with E-state index in [1.807, 2.05) is 11.8 Å². The van der Waals surface area contributed by atoms with Crippen molar-refractivity contribution < 1.29 is 0 Å². The summed E-state index contributed by atoms with van der Waals surface area (Å²) >= 11 is 2.02. The van der Waals surface area contributed by atoms with Gasteiger partial charge >= 0.3 is 0 Å². The van der Waals surface area contributed by atoms with Crippen molar-refractivity contribution in [3.05, 3.63) is 34.4 Å². The molecule has 0 aliphatic rings. The summed E-state index contributed by atoms with van der Waals surface area (Å²) < 4.78 is 0. The van der Waals surface area contributed by atoms with E-state index in [-0.39, 0.29) is 0 Å². The van der Waals surface area contributed by atoms with Gasteiger partial charge in [0.25, 0.3) is 0 Å². The molecule has 1 N–H and O–H groups in total. The van der Waals surface area contributed by atoms with Crippen molar-refractivity contribution in [2.24, 2.45) is 0 Å². The molecule has 0 saturated heterocycles. The lowest BCUT2D eigenvalue weighted by molar-refractivity contribution is 0.573. The first-order chi connectivity index (χ1) is 8.60. The molecule has 0 saturated carbocycles. The highest BCUT2D eigenvalue weighted by molar-refractivity contribution is 7.99. The van der Waals surface area contributed by atoms with Gasteiger partial charge in [0.05, 0.1) is 0 Å². The summed E-state index contributed by atoms with van der Waals surface area (Å²) in [5.74, 6) is 2.36. The number of hydrogen-bond donors (Lipinski definition) is 1. The molecular formula is C16H27NS. The van der Waals surface area contributed by atoms with Crippen molar-refractivity contribution in [3.63, 3.8) is 0 Å². The van der Waals surface area contributed by atoms with Gasteiger partial charge in [-0.2, -0.15) is 11.8 Å². The van der Waals surface area contributed by atoms with E-state index in [1.165, 1.54) is 40.2 Å². The molecule has 1 aromatic carbocycles. The molecule has 0 radical (unpaired) electrons. The molecule has 0 fully saturated rings. The topological polar surface area (TPSA) is 12.0 Å². The number of nitrogens with one attached hydrogen (secondary N) is 1. The Morgan fingerprint density at radius 2 is 1.72 bits per heavy atom. The predicted octanol–water partition coefficient (Wildman–Crippen LogP) is 4.41. The first kappa shape index (κ1) is 15.6. The van der Waals surface area contributed by atoms with E-state index in [1.54, 1.807) is 0 Å². The third-order valence-corrected chi connectivity index (χ3v) is 4.19. The molecule has 1 rings (SSSR count). The summed E-state index contributed by atoms with van der Waals surface area (Å²) in [5, 5.41) is 3.70. The SMILES string of the molecule is CCCNC(CSCC)c1c(C)cc(C)cc1C. The van der Waals surface area contributed by atoms with Gasteiger partial charge in [-0.3, -0.25) is 0 Å². The Morgan fingerprint density at radius 1 is 1.11 bits per heavy atom. The summed E-state index contributed by atoms with van der Waals surface area (Å²) in [6.07, 6.45) is 1.19. The van der Waals surface area contributed by atoms with Gasteiger partial charge in [0.15, 0.2) is 0 Å². The molecule has 1 unspecified atom stereocenters. The maximum Gasteiger partial charge on any atom is 0.0417 e. The minimum atomic E-state index is 0.496. The van der Waals surface area contributed by atoms with Gasteiger partial charge in [0.2, 0.25) is 0 Å². The normalized spacial score (nSPS) is 12.7. The highest BCUT2D eigenvalue weighted by atomic mass is 32.2. The van der Waals surface area contributed by atoms with E-state index < -0.39 is 0 Å². The van der Waals surface area contributed by atoms with Crippen molar-refractivity contribution in [1.29, 1.82) is 0 Å². The molecule has 102 valence electrons. The zero-order valence-electron chi connectivity index (χ0n) is 12.5. The molecular weight excluding hydrogens is 238 g/mol. The Kier molecular flexibility index (Phi) is 6.80. The van der Waals surface area contributed by atoms with Crippen molar-refractivity contribution in [2.45, 2.75) is 47.1 Å². The van der Waals surface area contributed by atoms with Crippen LogP contribution in [-0.4, -0.2) is 18.1 Å². The van der Waals surface area contributed by atoms with Crippen LogP contribution in [0.1, 0.15) is 48.6 Å². The van der Waals surface area contributed by atoms with Gasteiger partial charge in [-0.05, 0) is 56.2 Å². The van der Waals surface area contributed by atoms with E-state index in [0.717, 1.165) is 6.54 Å². The fourth-order valence-corrected chi connectivity index (χ4v) is 3.30. The highest BCUT2D eigenvalue weighted by Crippen LogP contribution is 2.26. The summed E-state index contributed by atoms with van der Waals surface area (Å²) in [5.41, 5.74) is 5.73. The van der Waals surface area contributed by atoms with Crippen LogP contribution in [0.3, 0.4) is 0 Å². The van der Waals surface area contributed by atoms with E-state index in [2.05, 4.69) is 52.1 Å². The van der Waals surface area contributed by atoms with Crippen LogP contribution in [-0.2, 0) is 0 Å². The van der Waals surface area contributed by atoms with Crippen LogP contribution in [0.15, 0.2) is 12.1 Å². The second-order valence-electron chi connectivity index (χ2n) is 4.98. The van der Waals surface area contributed by atoms with Crippen LogP contribution in [0.25, 0.3) is 0 Å². The Morgan fingerprint density at radius 3 is 2.22 bits per heavy atom. The number of rotatable bonds is 7. The lowest BCUT2D eigenvalue weighted by atomic mass is 9.95. The Hall–Kier alpha value is -0.470. The van der Waals surface area contributed by atoms with Gasteiger partial charge in [-0.25, -0.2) is 0 Å². The van der Waals surface area contributed by atoms with E-state index in [9.17, 15) is 0 Å². The summed E-state index contributed by atoms with van der Waals surface area (Å²) in [6.45, 7) is 12.2. The lowest BCUT2D eigenvalue weighted by Crippen LogP contribution is -2.25. The minimum absolute atomic E-state index is 0.496. The number of thioether (sulfide) groups is 1. The Balaban J connectivity index is 2.95. The second kappa shape index (κ2) is 7.85. The van der Waals surface area contributed by atoms with Crippen LogP contribution >= 0.6 is 11.8 Å². The quantitative estimate of drug-likeness (QED) is 0.784. The first-order valence-corrected chi connectivity index (χ1v) is 8.14. The van der Waals surface area contributed by atoms with Crippen molar-refractivity contribution in [3.8, 4) is 0 Å². The van der Waals surface area contributed by atoms with Crippen LogP contribution in [0.2, 0.25) is 0 Å². The molecule has 1 nitrogen and oxygen atoms in total. The summed E-state index contributed by atoms with van der Waals surface area (Å²) in [4.78, 5) is 0. The van der Waals surface area contributed by atoms with E-state index in [0.29, 0.717) is 6.04 Å². The molecule has 0 aliphatic carbocycles. The monoisotopic (exact) mass is 265 g/mol. The molecule has 0 heterocycles. The van der Waals surface area contributed by atoms with Crippen LogP contribution in [0, 0.1) is 20.8 Å². The fraction of sp³-hybridized carbons (Fsp3) is 0.625. The molecule has 0 amide bonds. The molecule has 0 bridgehead atoms. The molecule has 18 heavy (non-hydrogen) atoms.